The van der Waals surface area contributed by atoms with Crippen molar-refractivity contribution in [1.29, 1.82) is 0 Å². The molecule has 126 valence electrons. The normalized spacial score (nSPS) is 13.5. The highest BCUT2D eigenvalue weighted by molar-refractivity contribution is 7.10. The lowest BCUT2D eigenvalue weighted by atomic mass is 10.1. The lowest BCUT2D eigenvalue weighted by Crippen LogP contribution is -2.33. The predicted molar refractivity (Wildman–Crippen MR) is 94.5 cm³/mol. The molecule has 1 aromatic heterocycles. The van der Waals surface area contributed by atoms with Crippen molar-refractivity contribution in [2.45, 2.75) is 32.4 Å². The van der Waals surface area contributed by atoms with E-state index in [9.17, 15) is 9.59 Å². The lowest BCUT2D eigenvalue weighted by Gasteiger charge is -2.23. The second-order valence-corrected chi connectivity index (χ2v) is 6.98. The summed E-state index contributed by atoms with van der Waals surface area (Å²) in [5.41, 5.74) is 2.30. The molecule has 1 heterocycles. The zero-order valence-electron chi connectivity index (χ0n) is 13.5. The van der Waals surface area contributed by atoms with Crippen LogP contribution in [0.2, 0.25) is 0 Å². The summed E-state index contributed by atoms with van der Waals surface area (Å²) in [4.78, 5) is 27.0. The van der Waals surface area contributed by atoms with Gasteiger partial charge in [0.2, 0.25) is 0 Å². The molecule has 1 saturated carbocycles. The van der Waals surface area contributed by atoms with Crippen LogP contribution >= 0.6 is 11.3 Å². The fraction of sp³-hybridized carbons (Fsp3) is 0.333. The number of para-hydroxylation sites is 1. The molecule has 3 rings (SSSR count). The highest BCUT2D eigenvalue weighted by Crippen LogP contribution is 2.32. The van der Waals surface area contributed by atoms with E-state index in [0.29, 0.717) is 17.8 Å². The highest BCUT2D eigenvalue weighted by atomic mass is 32.1. The first-order valence-electron chi connectivity index (χ1n) is 7.95. The van der Waals surface area contributed by atoms with Gasteiger partial charge in [0.15, 0.2) is 0 Å². The number of carbonyl (C=O) groups excluding carboxylic acids is 1. The monoisotopic (exact) mass is 344 g/mol. The van der Waals surface area contributed by atoms with Crippen molar-refractivity contribution in [3.63, 3.8) is 0 Å². The summed E-state index contributed by atoms with van der Waals surface area (Å²) >= 11 is 1.67. The molecule has 2 aromatic rings. The molecule has 0 spiro atoms. The standard InChI is InChI=1S/C18H20N2O3S/c1-12-8-9-24-16(12)11-20(13-6-7-13)18(23)14-4-2-3-5-15(14)19-10-17(21)22/h2-5,8-9,13,19H,6-7,10-11H2,1H3,(H,21,22). The van der Waals surface area contributed by atoms with Gasteiger partial charge in [-0.3, -0.25) is 9.59 Å². The highest BCUT2D eigenvalue weighted by Gasteiger charge is 2.34. The quantitative estimate of drug-likeness (QED) is 0.808. The van der Waals surface area contributed by atoms with Crippen LogP contribution in [-0.2, 0) is 11.3 Å². The summed E-state index contributed by atoms with van der Waals surface area (Å²) in [5, 5.41) is 13.7. The zero-order chi connectivity index (χ0) is 17.1. The number of nitrogens with one attached hydrogen (secondary N) is 1. The number of carboxylic acid groups (broad SMARTS) is 1. The van der Waals surface area contributed by atoms with E-state index in [4.69, 9.17) is 5.11 Å². The van der Waals surface area contributed by atoms with Gasteiger partial charge in [0.1, 0.15) is 6.54 Å². The van der Waals surface area contributed by atoms with Gasteiger partial charge < -0.3 is 15.3 Å². The first kappa shape index (κ1) is 16.5. The molecule has 0 saturated heterocycles. The van der Waals surface area contributed by atoms with Crippen LogP contribution in [0, 0.1) is 6.92 Å². The Morgan fingerprint density at radius 3 is 2.67 bits per heavy atom. The maximum atomic E-state index is 13.1. The summed E-state index contributed by atoms with van der Waals surface area (Å²) < 4.78 is 0. The zero-order valence-corrected chi connectivity index (χ0v) is 14.3. The van der Waals surface area contributed by atoms with E-state index in [1.54, 1.807) is 35.6 Å². The Morgan fingerprint density at radius 1 is 1.29 bits per heavy atom. The van der Waals surface area contributed by atoms with Crippen molar-refractivity contribution >= 4 is 28.9 Å². The fourth-order valence-corrected chi connectivity index (χ4v) is 3.53. The van der Waals surface area contributed by atoms with Gasteiger partial charge in [-0.25, -0.2) is 0 Å². The molecule has 0 unspecified atom stereocenters. The van der Waals surface area contributed by atoms with Gasteiger partial charge in [-0.05, 0) is 48.9 Å². The number of aryl methyl sites for hydroxylation is 1. The smallest absolute Gasteiger partial charge is 0.322 e. The molecule has 1 fully saturated rings. The Morgan fingerprint density at radius 2 is 2.04 bits per heavy atom. The number of aliphatic carboxylic acids is 1. The minimum atomic E-state index is -0.953. The Kier molecular flexibility index (Phi) is 4.85. The van der Waals surface area contributed by atoms with Crippen molar-refractivity contribution in [3.8, 4) is 0 Å². The van der Waals surface area contributed by atoms with Gasteiger partial charge in [-0.1, -0.05) is 12.1 Å². The first-order valence-corrected chi connectivity index (χ1v) is 8.83. The Bertz CT molecular complexity index is 752. The van der Waals surface area contributed by atoms with E-state index in [1.807, 2.05) is 10.3 Å². The second kappa shape index (κ2) is 7.05. The van der Waals surface area contributed by atoms with E-state index >= 15 is 0 Å². The summed E-state index contributed by atoms with van der Waals surface area (Å²) in [6.45, 7) is 2.46. The number of hydrogen-bond acceptors (Lipinski definition) is 4. The minimum Gasteiger partial charge on any atom is -0.480 e. The van der Waals surface area contributed by atoms with Crippen LogP contribution in [0.3, 0.4) is 0 Å². The van der Waals surface area contributed by atoms with E-state index < -0.39 is 5.97 Å². The van der Waals surface area contributed by atoms with Gasteiger partial charge in [0, 0.05) is 16.6 Å². The number of thiophene rings is 1. The third kappa shape index (κ3) is 3.76. The Hall–Kier alpha value is -2.34. The van der Waals surface area contributed by atoms with Crippen molar-refractivity contribution in [1.82, 2.24) is 4.90 Å². The van der Waals surface area contributed by atoms with Crippen LogP contribution < -0.4 is 5.32 Å². The second-order valence-electron chi connectivity index (χ2n) is 5.98. The van der Waals surface area contributed by atoms with Crippen molar-refractivity contribution in [3.05, 3.63) is 51.7 Å². The topological polar surface area (TPSA) is 69.6 Å². The number of rotatable bonds is 7. The predicted octanol–water partition coefficient (Wildman–Crippen LogP) is 3.36. The van der Waals surface area contributed by atoms with Gasteiger partial charge in [-0.2, -0.15) is 0 Å². The van der Waals surface area contributed by atoms with Crippen LogP contribution in [0.25, 0.3) is 0 Å². The van der Waals surface area contributed by atoms with Crippen LogP contribution in [0.4, 0.5) is 5.69 Å². The number of nitrogens with zero attached hydrogens (tertiary/aromatic N) is 1. The third-order valence-electron chi connectivity index (χ3n) is 4.12. The maximum absolute atomic E-state index is 13.1. The summed E-state index contributed by atoms with van der Waals surface area (Å²) in [7, 11) is 0. The number of hydrogen-bond donors (Lipinski definition) is 2. The molecule has 0 bridgehead atoms. The number of carboxylic acids is 1. The molecular weight excluding hydrogens is 324 g/mol. The summed E-state index contributed by atoms with van der Waals surface area (Å²) in [6, 6.07) is 9.46. The molecule has 1 amide bonds. The van der Waals surface area contributed by atoms with Gasteiger partial charge in [-0.15, -0.1) is 11.3 Å². The van der Waals surface area contributed by atoms with Gasteiger partial charge in [0.25, 0.3) is 5.91 Å². The Labute approximate surface area is 144 Å². The molecule has 1 aliphatic carbocycles. The summed E-state index contributed by atoms with van der Waals surface area (Å²) in [5.74, 6) is -0.996. The summed E-state index contributed by atoms with van der Waals surface area (Å²) in [6.07, 6.45) is 2.06. The average molecular weight is 344 g/mol. The molecule has 1 aromatic carbocycles. The number of anilines is 1. The number of amides is 1. The molecule has 0 radical (unpaired) electrons. The molecule has 1 aliphatic rings. The van der Waals surface area contributed by atoms with E-state index in [2.05, 4.69) is 18.3 Å². The van der Waals surface area contributed by atoms with Crippen molar-refractivity contribution in [2.75, 3.05) is 11.9 Å². The minimum absolute atomic E-state index is 0.0428. The van der Waals surface area contributed by atoms with Gasteiger partial charge in [0.05, 0.1) is 12.1 Å². The van der Waals surface area contributed by atoms with Crippen LogP contribution in [0.1, 0.15) is 33.6 Å². The number of carbonyl (C=O) groups is 2. The maximum Gasteiger partial charge on any atom is 0.322 e. The molecule has 0 atom stereocenters. The van der Waals surface area contributed by atoms with Gasteiger partial charge >= 0.3 is 5.97 Å². The van der Waals surface area contributed by atoms with Crippen LogP contribution in [0.5, 0.6) is 0 Å². The average Bonchev–Trinajstić information content (AvgIpc) is 3.33. The molecular formula is C18H20N2O3S. The van der Waals surface area contributed by atoms with Crippen LogP contribution in [-0.4, -0.2) is 34.5 Å². The molecule has 5 nitrogen and oxygen atoms in total. The third-order valence-corrected chi connectivity index (χ3v) is 5.13. The van der Waals surface area contributed by atoms with E-state index in [1.165, 1.54) is 10.4 Å². The Balaban J connectivity index is 1.83. The number of benzene rings is 1. The first-order chi connectivity index (χ1) is 11.6. The molecule has 0 aliphatic heterocycles. The van der Waals surface area contributed by atoms with E-state index in [-0.39, 0.29) is 18.5 Å². The lowest BCUT2D eigenvalue weighted by molar-refractivity contribution is -0.134. The molecule has 24 heavy (non-hydrogen) atoms. The largest absolute Gasteiger partial charge is 0.480 e. The SMILES string of the molecule is Cc1ccsc1CN(C(=O)c1ccccc1NCC(=O)O)C1CC1. The molecule has 2 N–H and O–H groups in total. The molecule has 6 heteroatoms. The fourth-order valence-electron chi connectivity index (χ4n) is 2.62. The van der Waals surface area contributed by atoms with Crippen LogP contribution in [0.15, 0.2) is 35.7 Å². The van der Waals surface area contributed by atoms with E-state index in [0.717, 1.165) is 12.8 Å². The van der Waals surface area contributed by atoms with Crippen molar-refractivity contribution < 1.29 is 14.7 Å². The van der Waals surface area contributed by atoms with Crippen molar-refractivity contribution in [2.24, 2.45) is 0 Å².